The normalized spacial score (nSPS) is 9.84. The highest BCUT2D eigenvalue weighted by molar-refractivity contribution is 5.98. The zero-order chi connectivity index (χ0) is 14.4. The van der Waals surface area contributed by atoms with Crippen LogP contribution in [0.15, 0.2) is 30.9 Å². The van der Waals surface area contributed by atoms with E-state index in [2.05, 4.69) is 6.58 Å². The third-order valence-corrected chi connectivity index (χ3v) is 2.71. The molecule has 0 spiro atoms. The average molecular weight is 261 g/mol. The molecule has 0 radical (unpaired) electrons. The first-order valence-electron chi connectivity index (χ1n) is 6.18. The molecule has 4 heteroatoms. The van der Waals surface area contributed by atoms with Gasteiger partial charge < -0.3 is 9.64 Å². The van der Waals surface area contributed by atoms with Gasteiger partial charge >= 0.3 is 0 Å². The molecule has 0 bridgehead atoms. The molecule has 0 saturated carbocycles. The summed E-state index contributed by atoms with van der Waals surface area (Å²) in [4.78, 5) is 24.7. The van der Waals surface area contributed by atoms with Crippen molar-refractivity contribution in [2.45, 2.75) is 20.8 Å². The van der Waals surface area contributed by atoms with Gasteiger partial charge in [0.1, 0.15) is 12.4 Å². The van der Waals surface area contributed by atoms with Crippen molar-refractivity contribution >= 4 is 17.4 Å². The van der Waals surface area contributed by atoms with Crippen molar-refractivity contribution in [3.8, 4) is 5.75 Å². The standard InChI is InChI=1S/C15H19NO3/c1-5-9-19-15-10-13(16(6-2)12(4)18)7-8-14(15)11(3)17/h5,7-8,10H,1,6,9H2,2-4H3. The molecule has 1 aromatic rings. The van der Waals surface area contributed by atoms with Gasteiger partial charge in [0.2, 0.25) is 5.91 Å². The number of carbonyl (C=O) groups excluding carboxylic acids is 2. The lowest BCUT2D eigenvalue weighted by Crippen LogP contribution is -2.27. The molecule has 1 rings (SSSR count). The first kappa shape index (κ1) is 15.0. The number of carbonyl (C=O) groups is 2. The second-order valence-electron chi connectivity index (χ2n) is 4.10. The largest absolute Gasteiger partial charge is 0.489 e. The van der Waals surface area contributed by atoms with Gasteiger partial charge in [-0.25, -0.2) is 0 Å². The monoisotopic (exact) mass is 261 g/mol. The highest BCUT2D eigenvalue weighted by atomic mass is 16.5. The van der Waals surface area contributed by atoms with E-state index in [-0.39, 0.29) is 11.7 Å². The maximum atomic E-state index is 11.5. The molecular formula is C15H19NO3. The first-order valence-corrected chi connectivity index (χ1v) is 6.18. The molecule has 19 heavy (non-hydrogen) atoms. The van der Waals surface area contributed by atoms with Crippen molar-refractivity contribution in [3.63, 3.8) is 0 Å². The van der Waals surface area contributed by atoms with E-state index in [1.165, 1.54) is 13.8 Å². The van der Waals surface area contributed by atoms with E-state index in [1.54, 1.807) is 29.2 Å². The number of hydrogen-bond acceptors (Lipinski definition) is 3. The van der Waals surface area contributed by atoms with Crippen LogP contribution in [-0.4, -0.2) is 24.8 Å². The molecule has 1 aromatic carbocycles. The van der Waals surface area contributed by atoms with Gasteiger partial charge in [-0.1, -0.05) is 12.7 Å². The zero-order valence-corrected chi connectivity index (χ0v) is 11.6. The number of Topliss-reactive ketones (excluding diaryl/α,β-unsaturated/α-hetero) is 1. The summed E-state index contributed by atoms with van der Waals surface area (Å²) < 4.78 is 5.49. The van der Waals surface area contributed by atoms with Crippen molar-refractivity contribution < 1.29 is 14.3 Å². The molecule has 0 saturated heterocycles. The smallest absolute Gasteiger partial charge is 0.223 e. The zero-order valence-electron chi connectivity index (χ0n) is 11.6. The van der Waals surface area contributed by atoms with Gasteiger partial charge in [0.15, 0.2) is 5.78 Å². The molecule has 0 unspecified atom stereocenters. The van der Waals surface area contributed by atoms with E-state index in [9.17, 15) is 9.59 Å². The summed E-state index contributed by atoms with van der Waals surface area (Å²) in [5, 5.41) is 0. The van der Waals surface area contributed by atoms with Crippen LogP contribution in [0.1, 0.15) is 31.1 Å². The number of rotatable bonds is 6. The van der Waals surface area contributed by atoms with Crippen LogP contribution in [0.25, 0.3) is 0 Å². The molecule has 0 atom stereocenters. The maximum Gasteiger partial charge on any atom is 0.223 e. The second kappa shape index (κ2) is 6.73. The summed E-state index contributed by atoms with van der Waals surface area (Å²) in [5.74, 6) is 0.355. The number of anilines is 1. The van der Waals surface area contributed by atoms with E-state index in [0.29, 0.717) is 24.5 Å². The fourth-order valence-electron chi connectivity index (χ4n) is 1.82. The van der Waals surface area contributed by atoms with Crippen molar-refractivity contribution in [3.05, 3.63) is 36.4 Å². The van der Waals surface area contributed by atoms with E-state index in [0.717, 1.165) is 5.69 Å². The molecular weight excluding hydrogens is 242 g/mol. The van der Waals surface area contributed by atoms with Crippen LogP contribution in [-0.2, 0) is 4.79 Å². The Morgan fingerprint density at radius 1 is 1.37 bits per heavy atom. The third kappa shape index (κ3) is 3.68. The second-order valence-corrected chi connectivity index (χ2v) is 4.10. The molecule has 0 aliphatic rings. The predicted octanol–water partition coefficient (Wildman–Crippen LogP) is 2.83. The summed E-state index contributed by atoms with van der Waals surface area (Å²) >= 11 is 0. The quantitative estimate of drug-likeness (QED) is 0.584. The highest BCUT2D eigenvalue weighted by Crippen LogP contribution is 2.26. The molecule has 0 aromatic heterocycles. The lowest BCUT2D eigenvalue weighted by atomic mass is 10.1. The molecule has 4 nitrogen and oxygen atoms in total. The first-order chi connectivity index (χ1) is 9.01. The van der Waals surface area contributed by atoms with Crippen molar-refractivity contribution in [2.75, 3.05) is 18.1 Å². The molecule has 0 heterocycles. The Kier molecular flexibility index (Phi) is 5.30. The van der Waals surface area contributed by atoms with E-state index in [4.69, 9.17) is 4.74 Å². The Hall–Kier alpha value is -2.10. The molecule has 1 amide bonds. The van der Waals surface area contributed by atoms with Gasteiger partial charge in [0, 0.05) is 25.2 Å². The molecule has 0 fully saturated rings. The van der Waals surface area contributed by atoms with Crippen LogP contribution >= 0.6 is 0 Å². The summed E-state index contributed by atoms with van der Waals surface area (Å²) in [5.41, 5.74) is 1.23. The minimum absolute atomic E-state index is 0.0484. The maximum absolute atomic E-state index is 11.5. The Balaban J connectivity index is 3.19. The predicted molar refractivity (Wildman–Crippen MR) is 75.8 cm³/mol. The van der Waals surface area contributed by atoms with Crippen LogP contribution < -0.4 is 9.64 Å². The Morgan fingerprint density at radius 2 is 2.05 bits per heavy atom. The van der Waals surface area contributed by atoms with Crippen LogP contribution in [0, 0.1) is 0 Å². The lowest BCUT2D eigenvalue weighted by Gasteiger charge is -2.20. The van der Waals surface area contributed by atoms with Crippen molar-refractivity contribution in [2.24, 2.45) is 0 Å². The summed E-state index contributed by atoms with van der Waals surface area (Å²) in [6.07, 6.45) is 1.61. The molecule has 0 aliphatic carbocycles. The van der Waals surface area contributed by atoms with Gasteiger partial charge in [0.25, 0.3) is 0 Å². The van der Waals surface area contributed by atoms with Gasteiger partial charge in [-0.05, 0) is 26.0 Å². The van der Waals surface area contributed by atoms with E-state index in [1.807, 2.05) is 6.92 Å². The summed E-state index contributed by atoms with van der Waals surface area (Å²) in [7, 11) is 0. The Morgan fingerprint density at radius 3 is 2.53 bits per heavy atom. The number of ketones is 1. The average Bonchev–Trinajstić information content (AvgIpc) is 2.36. The van der Waals surface area contributed by atoms with Gasteiger partial charge in [-0.2, -0.15) is 0 Å². The van der Waals surface area contributed by atoms with Crippen molar-refractivity contribution in [1.82, 2.24) is 0 Å². The molecule has 0 aliphatic heterocycles. The summed E-state index contributed by atoms with van der Waals surface area (Å²) in [6.45, 7) is 9.34. The lowest BCUT2D eigenvalue weighted by molar-refractivity contribution is -0.116. The van der Waals surface area contributed by atoms with E-state index >= 15 is 0 Å². The Bertz CT molecular complexity index is 494. The Labute approximate surface area is 113 Å². The third-order valence-electron chi connectivity index (χ3n) is 2.71. The van der Waals surface area contributed by atoms with E-state index < -0.39 is 0 Å². The number of nitrogens with zero attached hydrogens (tertiary/aromatic N) is 1. The number of amides is 1. The van der Waals surface area contributed by atoms with Crippen molar-refractivity contribution in [1.29, 1.82) is 0 Å². The topological polar surface area (TPSA) is 46.6 Å². The summed E-state index contributed by atoms with van der Waals surface area (Å²) in [6, 6.07) is 5.15. The number of ether oxygens (including phenoxy) is 1. The number of hydrogen-bond donors (Lipinski definition) is 0. The van der Waals surface area contributed by atoms with Crippen LogP contribution in [0.2, 0.25) is 0 Å². The SMILES string of the molecule is C=CCOc1cc(N(CC)C(C)=O)ccc1C(C)=O. The van der Waals surface area contributed by atoms with Gasteiger partial charge in [0.05, 0.1) is 5.56 Å². The van der Waals surface area contributed by atoms with Crippen LogP contribution in [0.4, 0.5) is 5.69 Å². The van der Waals surface area contributed by atoms with Crippen LogP contribution in [0.5, 0.6) is 5.75 Å². The molecule has 0 N–H and O–H groups in total. The van der Waals surface area contributed by atoms with Gasteiger partial charge in [-0.3, -0.25) is 9.59 Å². The van der Waals surface area contributed by atoms with Gasteiger partial charge in [-0.15, -0.1) is 0 Å². The van der Waals surface area contributed by atoms with Crippen LogP contribution in [0.3, 0.4) is 0 Å². The minimum atomic E-state index is -0.0727. The minimum Gasteiger partial charge on any atom is -0.489 e. The fraction of sp³-hybridized carbons (Fsp3) is 0.333. The highest BCUT2D eigenvalue weighted by Gasteiger charge is 2.14. The number of benzene rings is 1. The fourth-order valence-corrected chi connectivity index (χ4v) is 1.82. The molecule has 102 valence electrons.